The van der Waals surface area contributed by atoms with Gasteiger partial charge in [-0.05, 0) is 29.2 Å². The number of benzene rings is 2. The monoisotopic (exact) mass is 285 g/mol. The Morgan fingerprint density at radius 2 is 2.00 bits per heavy atom. The maximum absolute atomic E-state index is 6.12. The number of nitrogens with two attached hydrogens (primary N) is 1. The molecular formula is C18H23NO2. The van der Waals surface area contributed by atoms with Gasteiger partial charge in [0.1, 0.15) is 0 Å². The summed E-state index contributed by atoms with van der Waals surface area (Å²) in [4.78, 5) is 0. The Morgan fingerprint density at radius 1 is 1.19 bits per heavy atom. The molecule has 0 aromatic heterocycles. The Labute approximate surface area is 126 Å². The maximum atomic E-state index is 6.12. The highest BCUT2D eigenvalue weighted by Gasteiger charge is 2.32. The first-order chi connectivity index (χ1) is 10.3. The van der Waals surface area contributed by atoms with Crippen LogP contribution in [0.15, 0.2) is 42.5 Å². The SMILES string of the molecule is COCC(c1cccc2ccccc12)C1CCC(CN)O1. The molecule has 0 radical (unpaired) electrons. The van der Waals surface area contributed by atoms with Crippen LogP contribution in [0, 0.1) is 0 Å². The van der Waals surface area contributed by atoms with Gasteiger partial charge in [-0.25, -0.2) is 0 Å². The molecule has 1 saturated heterocycles. The van der Waals surface area contributed by atoms with Crippen molar-refractivity contribution in [2.75, 3.05) is 20.3 Å². The second-order valence-electron chi connectivity index (χ2n) is 5.74. The third-order valence-electron chi connectivity index (χ3n) is 4.42. The molecule has 3 atom stereocenters. The van der Waals surface area contributed by atoms with Gasteiger partial charge in [0.25, 0.3) is 0 Å². The molecule has 2 aromatic rings. The zero-order valence-corrected chi connectivity index (χ0v) is 12.5. The van der Waals surface area contributed by atoms with E-state index in [0.717, 1.165) is 12.8 Å². The van der Waals surface area contributed by atoms with E-state index in [-0.39, 0.29) is 18.1 Å². The highest BCUT2D eigenvalue weighted by molar-refractivity contribution is 5.86. The van der Waals surface area contributed by atoms with E-state index in [4.69, 9.17) is 15.2 Å². The maximum Gasteiger partial charge on any atom is 0.0702 e. The largest absolute Gasteiger partial charge is 0.384 e. The Bertz CT molecular complexity index is 593. The second kappa shape index (κ2) is 6.56. The minimum absolute atomic E-state index is 0.198. The highest BCUT2D eigenvalue weighted by Crippen LogP contribution is 2.35. The first-order valence-corrected chi connectivity index (χ1v) is 7.65. The highest BCUT2D eigenvalue weighted by atomic mass is 16.5. The Kier molecular flexibility index (Phi) is 4.54. The predicted molar refractivity (Wildman–Crippen MR) is 85.5 cm³/mol. The van der Waals surface area contributed by atoms with Crippen LogP contribution in [0.1, 0.15) is 24.3 Å². The van der Waals surface area contributed by atoms with Crippen molar-refractivity contribution in [3.63, 3.8) is 0 Å². The molecule has 21 heavy (non-hydrogen) atoms. The van der Waals surface area contributed by atoms with Gasteiger partial charge in [0.15, 0.2) is 0 Å². The van der Waals surface area contributed by atoms with Crippen LogP contribution in [0.5, 0.6) is 0 Å². The molecule has 2 N–H and O–H groups in total. The summed E-state index contributed by atoms with van der Waals surface area (Å²) in [6.45, 7) is 1.28. The van der Waals surface area contributed by atoms with E-state index in [9.17, 15) is 0 Å². The molecule has 0 aliphatic carbocycles. The smallest absolute Gasteiger partial charge is 0.0702 e. The van der Waals surface area contributed by atoms with Gasteiger partial charge >= 0.3 is 0 Å². The minimum Gasteiger partial charge on any atom is -0.384 e. The molecule has 1 aliphatic heterocycles. The number of rotatable bonds is 5. The third kappa shape index (κ3) is 2.95. The van der Waals surface area contributed by atoms with Crippen molar-refractivity contribution in [1.82, 2.24) is 0 Å². The van der Waals surface area contributed by atoms with E-state index in [1.807, 2.05) is 0 Å². The lowest BCUT2D eigenvalue weighted by Gasteiger charge is -2.25. The van der Waals surface area contributed by atoms with Crippen molar-refractivity contribution in [2.24, 2.45) is 5.73 Å². The topological polar surface area (TPSA) is 44.5 Å². The molecule has 3 nitrogen and oxygen atoms in total. The molecule has 0 spiro atoms. The number of ether oxygens (including phenoxy) is 2. The molecule has 1 heterocycles. The van der Waals surface area contributed by atoms with Crippen molar-refractivity contribution in [2.45, 2.75) is 31.0 Å². The van der Waals surface area contributed by atoms with Gasteiger partial charge in [0.05, 0.1) is 18.8 Å². The fourth-order valence-electron chi connectivity index (χ4n) is 3.35. The molecule has 3 unspecified atom stereocenters. The normalized spacial score (nSPS) is 23.5. The van der Waals surface area contributed by atoms with Crippen LogP contribution in [0.2, 0.25) is 0 Å². The number of methoxy groups -OCH3 is 1. The third-order valence-corrected chi connectivity index (χ3v) is 4.42. The molecule has 3 rings (SSSR count). The molecule has 3 heteroatoms. The minimum atomic E-state index is 0.198. The van der Waals surface area contributed by atoms with Gasteiger partial charge < -0.3 is 15.2 Å². The van der Waals surface area contributed by atoms with E-state index in [0.29, 0.717) is 13.2 Å². The lowest BCUT2D eigenvalue weighted by atomic mass is 9.88. The van der Waals surface area contributed by atoms with Crippen molar-refractivity contribution in [3.8, 4) is 0 Å². The first-order valence-electron chi connectivity index (χ1n) is 7.65. The van der Waals surface area contributed by atoms with Crippen molar-refractivity contribution >= 4 is 10.8 Å². The van der Waals surface area contributed by atoms with Crippen LogP contribution < -0.4 is 5.73 Å². The summed E-state index contributed by atoms with van der Waals surface area (Å²) in [7, 11) is 1.76. The van der Waals surface area contributed by atoms with Gasteiger partial charge in [-0.1, -0.05) is 42.5 Å². The predicted octanol–water partition coefficient (Wildman–Crippen LogP) is 3.08. The zero-order valence-electron chi connectivity index (χ0n) is 12.5. The van der Waals surface area contributed by atoms with Crippen LogP contribution in [0.4, 0.5) is 0 Å². The van der Waals surface area contributed by atoms with Crippen LogP contribution in [-0.2, 0) is 9.47 Å². The van der Waals surface area contributed by atoms with E-state index in [1.165, 1.54) is 16.3 Å². The summed E-state index contributed by atoms with van der Waals surface area (Å²) >= 11 is 0. The molecule has 0 bridgehead atoms. The lowest BCUT2D eigenvalue weighted by molar-refractivity contribution is 0.0151. The van der Waals surface area contributed by atoms with Gasteiger partial charge in [-0.3, -0.25) is 0 Å². The Balaban J connectivity index is 1.96. The van der Waals surface area contributed by atoms with Gasteiger partial charge in [-0.2, -0.15) is 0 Å². The van der Waals surface area contributed by atoms with Crippen molar-refractivity contribution < 1.29 is 9.47 Å². The first kappa shape index (κ1) is 14.5. The number of fused-ring (bicyclic) bond motifs is 1. The quantitative estimate of drug-likeness (QED) is 0.918. The fraction of sp³-hybridized carbons (Fsp3) is 0.444. The lowest BCUT2D eigenvalue weighted by Crippen LogP contribution is -2.26. The molecule has 0 saturated carbocycles. The molecule has 112 valence electrons. The van der Waals surface area contributed by atoms with Gasteiger partial charge in [-0.15, -0.1) is 0 Å². The van der Waals surface area contributed by atoms with Crippen LogP contribution >= 0.6 is 0 Å². The molecular weight excluding hydrogens is 262 g/mol. The summed E-state index contributed by atoms with van der Waals surface area (Å²) in [5, 5.41) is 2.56. The summed E-state index contributed by atoms with van der Waals surface area (Å²) in [6, 6.07) is 15.0. The standard InChI is InChI=1S/C18H23NO2/c1-20-12-17(18-10-9-14(11-19)21-18)16-8-4-6-13-5-2-3-7-15(13)16/h2-8,14,17-18H,9-12,19H2,1H3. The summed E-state index contributed by atoms with van der Waals surface area (Å²) in [5.74, 6) is 0.262. The van der Waals surface area contributed by atoms with E-state index in [1.54, 1.807) is 7.11 Å². The zero-order chi connectivity index (χ0) is 14.7. The molecule has 2 aromatic carbocycles. The molecule has 1 fully saturated rings. The number of hydrogen-bond acceptors (Lipinski definition) is 3. The van der Waals surface area contributed by atoms with E-state index >= 15 is 0 Å². The second-order valence-corrected chi connectivity index (χ2v) is 5.74. The van der Waals surface area contributed by atoms with Gasteiger partial charge in [0.2, 0.25) is 0 Å². The Hall–Kier alpha value is -1.42. The average Bonchev–Trinajstić information content (AvgIpc) is 3.01. The average molecular weight is 285 g/mol. The van der Waals surface area contributed by atoms with Crippen LogP contribution in [-0.4, -0.2) is 32.5 Å². The fourth-order valence-corrected chi connectivity index (χ4v) is 3.35. The van der Waals surface area contributed by atoms with Crippen molar-refractivity contribution in [1.29, 1.82) is 0 Å². The summed E-state index contributed by atoms with van der Waals surface area (Å²) in [5.41, 5.74) is 7.06. The van der Waals surface area contributed by atoms with E-state index in [2.05, 4.69) is 42.5 Å². The van der Waals surface area contributed by atoms with Gasteiger partial charge in [0, 0.05) is 19.6 Å². The van der Waals surface area contributed by atoms with Crippen LogP contribution in [0.3, 0.4) is 0 Å². The molecule has 1 aliphatic rings. The van der Waals surface area contributed by atoms with Crippen LogP contribution in [0.25, 0.3) is 10.8 Å². The Morgan fingerprint density at radius 3 is 2.76 bits per heavy atom. The summed E-state index contributed by atoms with van der Waals surface area (Å²) < 4.78 is 11.6. The summed E-state index contributed by atoms with van der Waals surface area (Å²) in [6.07, 6.45) is 2.50. The van der Waals surface area contributed by atoms with Crippen molar-refractivity contribution in [3.05, 3.63) is 48.0 Å². The number of hydrogen-bond donors (Lipinski definition) is 1. The molecule has 0 amide bonds. The van der Waals surface area contributed by atoms with E-state index < -0.39 is 0 Å².